The Labute approximate surface area is 145 Å². The van der Waals surface area contributed by atoms with Crippen molar-refractivity contribution in [3.05, 3.63) is 45.8 Å². The third-order valence-electron chi connectivity index (χ3n) is 3.52. The normalized spacial score (nSPS) is 14.1. The highest BCUT2D eigenvalue weighted by atomic mass is 79.9. The van der Waals surface area contributed by atoms with Crippen molar-refractivity contribution in [1.29, 1.82) is 0 Å². The Balaban J connectivity index is 1.77. The highest BCUT2D eigenvalue weighted by Crippen LogP contribution is 2.37. The molecule has 126 valence electrons. The maximum absolute atomic E-state index is 12.2. The van der Waals surface area contributed by atoms with Gasteiger partial charge in [-0.05, 0) is 36.8 Å². The smallest absolute Gasteiger partial charge is 0.371 e. The molecule has 0 saturated heterocycles. The minimum absolute atomic E-state index is 0.0621. The highest BCUT2D eigenvalue weighted by molar-refractivity contribution is 9.10. The molecular formula is C16H14BrNO6. The van der Waals surface area contributed by atoms with Gasteiger partial charge in [-0.3, -0.25) is 4.79 Å². The van der Waals surface area contributed by atoms with Crippen LogP contribution in [0.25, 0.3) is 0 Å². The fourth-order valence-corrected chi connectivity index (χ4v) is 3.00. The predicted molar refractivity (Wildman–Crippen MR) is 86.7 cm³/mol. The second kappa shape index (κ2) is 6.56. The number of hydrogen-bond donors (Lipinski definition) is 2. The van der Waals surface area contributed by atoms with Crippen LogP contribution >= 0.6 is 15.9 Å². The second-order valence-corrected chi connectivity index (χ2v) is 6.04. The van der Waals surface area contributed by atoms with E-state index in [1.54, 1.807) is 19.1 Å². The number of rotatable bonds is 4. The van der Waals surface area contributed by atoms with Gasteiger partial charge in [0.2, 0.25) is 5.76 Å². The van der Waals surface area contributed by atoms with Crippen molar-refractivity contribution >= 4 is 27.8 Å². The zero-order chi connectivity index (χ0) is 17.3. The summed E-state index contributed by atoms with van der Waals surface area (Å²) in [5.41, 5.74) is 0.803. The minimum atomic E-state index is -1.23. The Morgan fingerprint density at radius 2 is 1.79 bits per heavy atom. The molecule has 0 saturated carbocycles. The summed E-state index contributed by atoms with van der Waals surface area (Å²) >= 11 is 3.46. The van der Waals surface area contributed by atoms with Crippen LogP contribution < -0.4 is 14.8 Å². The number of halogens is 1. The predicted octanol–water partition coefficient (Wildman–Crippen LogP) is 3.00. The van der Waals surface area contributed by atoms with E-state index >= 15 is 0 Å². The molecule has 1 amide bonds. The van der Waals surface area contributed by atoms with Crippen molar-refractivity contribution in [1.82, 2.24) is 5.32 Å². The molecule has 2 N–H and O–H groups in total. The van der Waals surface area contributed by atoms with Gasteiger partial charge in [0.25, 0.3) is 5.91 Å². The number of amides is 1. The molecular weight excluding hydrogens is 382 g/mol. The summed E-state index contributed by atoms with van der Waals surface area (Å²) in [5, 5.41) is 11.6. The fourth-order valence-electron chi connectivity index (χ4n) is 2.33. The number of aromatic carboxylic acids is 1. The number of furan rings is 1. The monoisotopic (exact) mass is 395 g/mol. The number of carbonyl (C=O) groups excluding carboxylic acids is 1. The first-order chi connectivity index (χ1) is 11.5. The van der Waals surface area contributed by atoms with Gasteiger partial charge >= 0.3 is 5.97 Å². The summed E-state index contributed by atoms with van der Waals surface area (Å²) in [6, 6.07) is 5.80. The summed E-state index contributed by atoms with van der Waals surface area (Å²) in [4.78, 5) is 23.0. The van der Waals surface area contributed by atoms with Crippen LogP contribution in [0.15, 0.2) is 33.2 Å². The van der Waals surface area contributed by atoms with Gasteiger partial charge in [0.1, 0.15) is 13.2 Å². The molecule has 1 unspecified atom stereocenters. The van der Waals surface area contributed by atoms with Crippen molar-refractivity contribution in [2.24, 2.45) is 0 Å². The first-order valence-electron chi connectivity index (χ1n) is 7.18. The molecule has 3 rings (SSSR count). The largest absolute Gasteiger partial charge is 0.486 e. The molecule has 0 aliphatic carbocycles. The Morgan fingerprint density at radius 1 is 1.17 bits per heavy atom. The van der Waals surface area contributed by atoms with Gasteiger partial charge in [0.05, 0.1) is 6.04 Å². The number of ether oxygens (including phenoxy) is 2. The van der Waals surface area contributed by atoms with E-state index < -0.39 is 11.9 Å². The van der Waals surface area contributed by atoms with E-state index in [1.165, 1.54) is 12.1 Å². The van der Waals surface area contributed by atoms with Gasteiger partial charge in [0, 0.05) is 4.47 Å². The molecule has 0 radical (unpaired) electrons. The summed E-state index contributed by atoms with van der Waals surface area (Å²) in [6.07, 6.45) is 0. The van der Waals surface area contributed by atoms with Crippen LogP contribution in [0.3, 0.4) is 0 Å². The molecule has 1 aromatic heterocycles. The van der Waals surface area contributed by atoms with E-state index in [1.807, 2.05) is 0 Å². The molecule has 1 aliphatic rings. The van der Waals surface area contributed by atoms with Crippen molar-refractivity contribution < 1.29 is 28.6 Å². The average molecular weight is 396 g/mol. The van der Waals surface area contributed by atoms with Gasteiger partial charge in [0.15, 0.2) is 17.3 Å². The SMILES string of the molecule is CC(NC(=O)c1ccc(C(=O)O)o1)c1cc2c(cc1Br)OCCO2. The maximum atomic E-state index is 12.2. The molecule has 1 atom stereocenters. The van der Waals surface area contributed by atoms with Crippen LogP contribution in [-0.4, -0.2) is 30.2 Å². The first-order valence-corrected chi connectivity index (χ1v) is 7.98. The van der Waals surface area contributed by atoms with Crippen LogP contribution in [0, 0.1) is 0 Å². The van der Waals surface area contributed by atoms with Crippen molar-refractivity contribution in [3.8, 4) is 11.5 Å². The summed E-state index contributed by atoms with van der Waals surface area (Å²) in [6.45, 7) is 2.77. The zero-order valence-electron chi connectivity index (χ0n) is 12.7. The number of carboxylic acids is 1. The standard InChI is InChI=1S/C16H14BrNO6/c1-8(18-15(19)11-2-3-12(24-11)16(20)21)9-6-13-14(7-10(9)17)23-5-4-22-13/h2-3,6-8H,4-5H2,1H3,(H,18,19)(H,20,21). The molecule has 1 aliphatic heterocycles. The van der Waals surface area contributed by atoms with Crippen molar-refractivity contribution in [2.75, 3.05) is 13.2 Å². The lowest BCUT2D eigenvalue weighted by Gasteiger charge is -2.22. The third kappa shape index (κ3) is 3.23. The van der Waals surface area contributed by atoms with Gasteiger partial charge in [-0.25, -0.2) is 4.79 Å². The number of carbonyl (C=O) groups is 2. The van der Waals surface area contributed by atoms with Crippen molar-refractivity contribution in [2.45, 2.75) is 13.0 Å². The topological polar surface area (TPSA) is 98.0 Å². The molecule has 7 nitrogen and oxygen atoms in total. The van der Waals surface area contributed by atoms with Gasteiger partial charge in [-0.2, -0.15) is 0 Å². The van der Waals surface area contributed by atoms with E-state index in [2.05, 4.69) is 21.2 Å². The summed E-state index contributed by atoms with van der Waals surface area (Å²) in [7, 11) is 0. The van der Waals surface area contributed by atoms with Crippen molar-refractivity contribution in [3.63, 3.8) is 0 Å². The second-order valence-electron chi connectivity index (χ2n) is 5.18. The molecule has 0 bridgehead atoms. The molecule has 24 heavy (non-hydrogen) atoms. The van der Waals surface area contributed by atoms with E-state index in [9.17, 15) is 9.59 Å². The number of nitrogens with one attached hydrogen (secondary N) is 1. The number of benzene rings is 1. The molecule has 2 heterocycles. The lowest BCUT2D eigenvalue weighted by atomic mass is 10.1. The minimum Gasteiger partial charge on any atom is -0.486 e. The number of hydrogen-bond acceptors (Lipinski definition) is 5. The fraction of sp³-hybridized carbons (Fsp3) is 0.250. The summed E-state index contributed by atoms with van der Waals surface area (Å²) < 4.78 is 16.8. The Kier molecular flexibility index (Phi) is 4.48. The summed E-state index contributed by atoms with van der Waals surface area (Å²) in [5.74, 6) is -0.811. The first kappa shape index (κ1) is 16.4. The lowest BCUT2D eigenvalue weighted by Crippen LogP contribution is -2.26. The van der Waals surface area contributed by atoms with E-state index in [4.69, 9.17) is 19.0 Å². The van der Waals surface area contributed by atoms with Crippen LogP contribution in [0.2, 0.25) is 0 Å². The molecule has 2 aromatic rings. The lowest BCUT2D eigenvalue weighted by molar-refractivity contribution is 0.0659. The third-order valence-corrected chi connectivity index (χ3v) is 4.20. The Bertz CT molecular complexity index is 800. The molecule has 0 spiro atoms. The zero-order valence-corrected chi connectivity index (χ0v) is 14.3. The van der Waals surface area contributed by atoms with Gasteiger partial charge < -0.3 is 24.3 Å². The average Bonchev–Trinajstić information content (AvgIpc) is 3.04. The Morgan fingerprint density at radius 3 is 2.42 bits per heavy atom. The molecule has 0 fully saturated rings. The van der Waals surface area contributed by atoms with Gasteiger partial charge in [-0.1, -0.05) is 15.9 Å². The highest BCUT2D eigenvalue weighted by Gasteiger charge is 2.21. The number of fused-ring (bicyclic) bond motifs is 1. The number of carboxylic acid groups (broad SMARTS) is 1. The maximum Gasteiger partial charge on any atom is 0.371 e. The molecule has 8 heteroatoms. The van der Waals surface area contributed by atoms with Crippen LogP contribution in [-0.2, 0) is 0 Å². The molecule has 1 aromatic carbocycles. The van der Waals surface area contributed by atoms with E-state index in [0.717, 1.165) is 10.0 Å². The van der Waals surface area contributed by atoms with Crippen LogP contribution in [0.4, 0.5) is 0 Å². The van der Waals surface area contributed by atoms with Gasteiger partial charge in [-0.15, -0.1) is 0 Å². The Hall–Kier alpha value is -2.48. The van der Waals surface area contributed by atoms with Crippen LogP contribution in [0.1, 0.15) is 39.6 Å². The van der Waals surface area contributed by atoms with E-state index in [-0.39, 0.29) is 17.6 Å². The quantitative estimate of drug-likeness (QED) is 0.825. The van der Waals surface area contributed by atoms with Crippen LogP contribution in [0.5, 0.6) is 11.5 Å². The van der Waals surface area contributed by atoms with E-state index in [0.29, 0.717) is 24.7 Å².